The van der Waals surface area contributed by atoms with Crippen molar-refractivity contribution in [3.05, 3.63) is 28.8 Å². The van der Waals surface area contributed by atoms with Gasteiger partial charge in [0.2, 0.25) is 0 Å². The molecule has 1 rings (SSSR count). The fourth-order valence-electron chi connectivity index (χ4n) is 3.16. The molecule has 1 aromatic rings. The Morgan fingerprint density at radius 2 is 1.48 bits per heavy atom. The summed E-state index contributed by atoms with van der Waals surface area (Å²) in [5.74, 6) is -0.0403. The molecule has 142 valence electrons. The van der Waals surface area contributed by atoms with E-state index in [4.69, 9.17) is 0 Å². The van der Waals surface area contributed by atoms with E-state index in [1.165, 1.54) is 38.5 Å². The maximum Gasteiger partial charge on any atom is 0.339 e. The fourth-order valence-corrected chi connectivity index (χ4v) is 3.16. The molecule has 25 heavy (non-hydrogen) atoms. The molecule has 0 atom stereocenters. The molecule has 0 aromatic heterocycles. The molecule has 0 aliphatic rings. The summed E-state index contributed by atoms with van der Waals surface area (Å²) in [6, 6.07) is 3.57. The number of phenols is 1. The molecule has 0 bridgehead atoms. The Hall–Kier alpha value is -1.51. The zero-order chi connectivity index (χ0) is 18.8. The summed E-state index contributed by atoms with van der Waals surface area (Å²) >= 11 is 0. The number of carboxylic acids is 1. The number of carbonyl (C=O) groups is 1. The number of carboxylic acid groups (broad SMARTS) is 1. The van der Waals surface area contributed by atoms with E-state index in [2.05, 4.69) is 13.8 Å². The first kappa shape index (κ1) is 21.5. The van der Waals surface area contributed by atoms with E-state index >= 15 is 0 Å². The Morgan fingerprint density at radius 3 is 2.00 bits per heavy atom. The molecular formula is C22H36O3. The lowest BCUT2D eigenvalue weighted by Crippen LogP contribution is -2.03. The van der Waals surface area contributed by atoms with Crippen LogP contribution in [0.3, 0.4) is 0 Å². The summed E-state index contributed by atoms with van der Waals surface area (Å²) in [6.45, 7) is 8.64. The van der Waals surface area contributed by atoms with Crippen molar-refractivity contribution in [2.24, 2.45) is 5.92 Å². The lowest BCUT2D eigenvalue weighted by Gasteiger charge is -2.13. The van der Waals surface area contributed by atoms with Crippen molar-refractivity contribution in [1.29, 1.82) is 0 Å². The van der Waals surface area contributed by atoms with Crippen LogP contribution in [0, 0.1) is 5.92 Å². The third kappa shape index (κ3) is 7.94. The number of hydrogen-bond acceptors (Lipinski definition) is 2. The van der Waals surface area contributed by atoms with E-state index in [0.29, 0.717) is 0 Å². The van der Waals surface area contributed by atoms with Crippen molar-refractivity contribution in [2.75, 3.05) is 0 Å². The molecule has 0 aliphatic carbocycles. The molecular weight excluding hydrogens is 312 g/mol. The van der Waals surface area contributed by atoms with Gasteiger partial charge in [-0.05, 0) is 41.9 Å². The van der Waals surface area contributed by atoms with Gasteiger partial charge in [-0.15, -0.1) is 0 Å². The predicted molar refractivity (Wildman–Crippen MR) is 105 cm³/mol. The van der Waals surface area contributed by atoms with Crippen LogP contribution in [-0.4, -0.2) is 16.2 Å². The van der Waals surface area contributed by atoms with Crippen LogP contribution in [0.5, 0.6) is 5.75 Å². The van der Waals surface area contributed by atoms with Gasteiger partial charge in [0.15, 0.2) is 0 Å². The second kappa shape index (κ2) is 11.2. The SMILES string of the molecule is CC(C)CCCCCCCCCc1cc(C(C)C)cc(C(=O)O)c1O. The van der Waals surface area contributed by atoms with Gasteiger partial charge in [-0.2, -0.15) is 0 Å². The topological polar surface area (TPSA) is 57.5 Å². The number of benzene rings is 1. The second-order valence-corrected chi connectivity index (χ2v) is 7.94. The minimum atomic E-state index is -1.05. The minimum Gasteiger partial charge on any atom is -0.507 e. The zero-order valence-corrected chi connectivity index (χ0v) is 16.5. The quantitative estimate of drug-likeness (QED) is 0.422. The monoisotopic (exact) mass is 348 g/mol. The predicted octanol–water partition coefficient (Wildman–Crippen LogP) is 6.53. The van der Waals surface area contributed by atoms with Crippen LogP contribution in [0.15, 0.2) is 12.1 Å². The van der Waals surface area contributed by atoms with E-state index in [0.717, 1.165) is 36.3 Å². The molecule has 0 spiro atoms. The van der Waals surface area contributed by atoms with Gasteiger partial charge in [-0.1, -0.05) is 78.7 Å². The van der Waals surface area contributed by atoms with Crippen molar-refractivity contribution in [2.45, 2.75) is 91.4 Å². The Morgan fingerprint density at radius 1 is 0.920 bits per heavy atom. The standard InChI is InChI=1S/C22H36O3/c1-16(2)12-10-8-6-5-7-9-11-13-18-14-19(17(3)4)15-20(21(18)23)22(24)25/h14-17,23H,5-13H2,1-4H3,(H,24,25). The average Bonchev–Trinajstić information content (AvgIpc) is 2.53. The van der Waals surface area contributed by atoms with Gasteiger partial charge in [-0.3, -0.25) is 0 Å². The Labute approximate surface area is 153 Å². The first-order valence-electron chi connectivity index (χ1n) is 9.92. The number of unbranched alkanes of at least 4 members (excludes halogenated alkanes) is 6. The normalized spacial score (nSPS) is 11.4. The van der Waals surface area contributed by atoms with Crippen LogP contribution < -0.4 is 0 Å². The van der Waals surface area contributed by atoms with Gasteiger partial charge in [0.05, 0.1) is 0 Å². The van der Waals surface area contributed by atoms with E-state index in [9.17, 15) is 15.0 Å². The number of aromatic carboxylic acids is 1. The molecule has 0 saturated carbocycles. The molecule has 0 saturated heterocycles. The van der Waals surface area contributed by atoms with Crippen LogP contribution in [0.4, 0.5) is 0 Å². The highest BCUT2D eigenvalue weighted by atomic mass is 16.4. The van der Waals surface area contributed by atoms with Gasteiger partial charge in [0.1, 0.15) is 11.3 Å². The molecule has 3 heteroatoms. The molecule has 0 aliphatic heterocycles. The van der Waals surface area contributed by atoms with Gasteiger partial charge >= 0.3 is 5.97 Å². The van der Waals surface area contributed by atoms with Crippen molar-refractivity contribution in [3.63, 3.8) is 0 Å². The van der Waals surface area contributed by atoms with E-state index in [1.807, 2.05) is 19.9 Å². The largest absolute Gasteiger partial charge is 0.507 e. The smallest absolute Gasteiger partial charge is 0.339 e. The zero-order valence-electron chi connectivity index (χ0n) is 16.5. The number of aromatic hydroxyl groups is 1. The van der Waals surface area contributed by atoms with Crippen LogP contribution in [0.25, 0.3) is 0 Å². The first-order valence-corrected chi connectivity index (χ1v) is 9.92. The molecule has 0 heterocycles. The van der Waals surface area contributed by atoms with Crippen LogP contribution in [0.1, 0.15) is 106 Å². The molecule has 0 amide bonds. The summed E-state index contributed by atoms with van der Waals surface area (Å²) < 4.78 is 0. The Kier molecular flexibility index (Phi) is 9.62. The third-order valence-corrected chi connectivity index (χ3v) is 4.84. The maximum atomic E-state index is 11.3. The average molecular weight is 349 g/mol. The summed E-state index contributed by atoms with van der Waals surface area (Å²) in [4.78, 5) is 11.3. The first-order chi connectivity index (χ1) is 11.8. The molecule has 0 unspecified atom stereocenters. The van der Waals surface area contributed by atoms with Crippen LogP contribution in [0.2, 0.25) is 0 Å². The van der Waals surface area contributed by atoms with Crippen LogP contribution >= 0.6 is 0 Å². The molecule has 2 N–H and O–H groups in total. The van der Waals surface area contributed by atoms with E-state index in [-0.39, 0.29) is 17.2 Å². The summed E-state index contributed by atoms with van der Waals surface area (Å²) in [7, 11) is 0. The fraction of sp³-hybridized carbons (Fsp3) is 0.682. The maximum absolute atomic E-state index is 11.3. The number of hydrogen-bond donors (Lipinski definition) is 2. The highest BCUT2D eigenvalue weighted by molar-refractivity contribution is 5.91. The van der Waals surface area contributed by atoms with Crippen LogP contribution in [-0.2, 0) is 6.42 Å². The lowest BCUT2D eigenvalue weighted by molar-refractivity contribution is 0.0693. The Balaban J connectivity index is 2.40. The van der Waals surface area contributed by atoms with Gasteiger partial charge in [0.25, 0.3) is 0 Å². The highest BCUT2D eigenvalue weighted by Crippen LogP contribution is 2.29. The lowest BCUT2D eigenvalue weighted by atomic mass is 9.94. The van der Waals surface area contributed by atoms with Crippen molar-refractivity contribution in [3.8, 4) is 5.75 Å². The summed E-state index contributed by atoms with van der Waals surface area (Å²) in [6.07, 6.45) is 10.7. The molecule has 0 radical (unpaired) electrons. The number of aryl methyl sites for hydroxylation is 1. The van der Waals surface area contributed by atoms with E-state index < -0.39 is 5.97 Å². The van der Waals surface area contributed by atoms with Crippen molar-refractivity contribution in [1.82, 2.24) is 0 Å². The second-order valence-electron chi connectivity index (χ2n) is 7.94. The highest BCUT2D eigenvalue weighted by Gasteiger charge is 2.16. The molecule has 1 aromatic carbocycles. The van der Waals surface area contributed by atoms with Gasteiger partial charge in [0, 0.05) is 0 Å². The number of rotatable bonds is 12. The van der Waals surface area contributed by atoms with Gasteiger partial charge in [-0.25, -0.2) is 4.79 Å². The summed E-state index contributed by atoms with van der Waals surface area (Å²) in [5, 5.41) is 19.5. The molecule has 0 fully saturated rings. The van der Waals surface area contributed by atoms with Gasteiger partial charge < -0.3 is 10.2 Å². The minimum absolute atomic E-state index is 0.0337. The van der Waals surface area contributed by atoms with Crippen molar-refractivity contribution < 1.29 is 15.0 Å². The van der Waals surface area contributed by atoms with E-state index in [1.54, 1.807) is 6.07 Å². The summed E-state index contributed by atoms with van der Waals surface area (Å²) in [5.41, 5.74) is 1.79. The Bertz CT molecular complexity index is 532. The third-order valence-electron chi connectivity index (χ3n) is 4.84. The van der Waals surface area contributed by atoms with Crippen molar-refractivity contribution >= 4 is 5.97 Å². The molecule has 3 nitrogen and oxygen atoms in total.